The maximum absolute atomic E-state index is 11.4. The normalized spacial score (nSPS) is 20.0. The van der Waals surface area contributed by atoms with Gasteiger partial charge in [-0.1, -0.05) is 18.2 Å². The first-order valence-electron chi connectivity index (χ1n) is 8.84. The zero-order valence-corrected chi connectivity index (χ0v) is 14.8. The third-order valence-corrected chi connectivity index (χ3v) is 4.96. The number of aliphatic carboxylic acids is 1. The lowest BCUT2D eigenvalue weighted by atomic mass is 10.0. The summed E-state index contributed by atoms with van der Waals surface area (Å²) in [5, 5.41) is 14.1. The number of hydrogen-bond acceptors (Lipinski definition) is 5. The summed E-state index contributed by atoms with van der Waals surface area (Å²) in [6, 6.07) is 13.8. The molecule has 0 unspecified atom stereocenters. The van der Waals surface area contributed by atoms with Crippen molar-refractivity contribution >= 4 is 5.97 Å². The van der Waals surface area contributed by atoms with Crippen LogP contribution in [0.25, 0.3) is 16.9 Å². The number of carbonyl (C=O) groups is 1. The monoisotopic (exact) mass is 363 g/mol. The van der Waals surface area contributed by atoms with Crippen LogP contribution in [0.5, 0.6) is 0 Å². The van der Waals surface area contributed by atoms with E-state index in [4.69, 9.17) is 10.8 Å². The van der Waals surface area contributed by atoms with Crippen molar-refractivity contribution < 1.29 is 9.90 Å². The van der Waals surface area contributed by atoms with Gasteiger partial charge in [0.1, 0.15) is 5.54 Å². The first kappa shape index (κ1) is 17.4. The fourth-order valence-electron chi connectivity index (χ4n) is 3.46. The molecule has 2 aromatic heterocycles. The predicted molar refractivity (Wildman–Crippen MR) is 101 cm³/mol. The fraction of sp³-hybridized carbons (Fsp3) is 0.250. The first-order valence-corrected chi connectivity index (χ1v) is 8.84. The van der Waals surface area contributed by atoms with Crippen LogP contribution in [0, 0.1) is 0 Å². The van der Waals surface area contributed by atoms with Crippen LogP contribution in [0.3, 0.4) is 0 Å². The standard InChI is InChI=1S/C20H21N5O2/c21-20(19(26)27)8-11-24(14-20)12-16-13-25(17-4-2-1-3-5-17)23-18(16)15-6-9-22-10-7-15/h1-7,9-10,13H,8,11-12,14,21H2,(H,26,27)/t20-/m0/s1. The van der Waals surface area contributed by atoms with Crippen LogP contribution in [0.2, 0.25) is 0 Å². The van der Waals surface area contributed by atoms with Crippen LogP contribution >= 0.6 is 0 Å². The van der Waals surface area contributed by atoms with Crippen LogP contribution < -0.4 is 5.73 Å². The topological polar surface area (TPSA) is 97.3 Å². The minimum absolute atomic E-state index is 0.328. The minimum atomic E-state index is -1.17. The minimum Gasteiger partial charge on any atom is -0.480 e. The number of carboxylic acid groups (broad SMARTS) is 1. The van der Waals surface area contributed by atoms with Gasteiger partial charge in [0.2, 0.25) is 0 Å². The SMILES string of the molecule is N[C@@]1(C(=O)O)CCN(Cc2cn(-c3ccccc3)nc2-c2ccncc2)C1. The van der Waals surface area contributed by atoms with Gasteiger partial charge in [-0.2, -0.15) is 5.10 Å². The van der Waals surface area contributed by atoms with E-state index in [1.807, 2.05) is 53.3 Å². The number of nitrogens with zero attached hydrogens (tertiary/aromatic N) is 4. The Bertz CT molecular complexity index is 942. The van der Waals surface area contributed by atoms with Gasteiger partial charge in [-0.05, 0) is 30.7 Å². The van der Waals surface area contributed by atoms with Gasteiger partial charge >= 0.3 is 5.97 Å². The number of nitrogens with two attached hydrogens (primary N) is 1. The summed E-state index contributed by atoms with van der Waals surface area (Å²) in [5.74, 6) is -0.945. The third-order valence-electron chi connectivity index (χ3n) is 4.96. The molecule has 4 rings (SSSR count). The van der Waals surface area contributed by atoms with Crippen LogP contribution in [0.4, 0.5) is 0 Å². The van der Waals surface area contributed by atoms with Gasteiger partial charge in [0.15, 0.2) is 0 Å². The van der Waals surface area contributed by atoms with Crippen LogP contribution in [0.15, 0.2) is 61.1 Å². The van der Waals surface area contributed by atoms with Gasteiger partial charge in [0, 0.05) is 49.4 Å². The number of pyridine rings is 1. The highest BCUT2D eigenvalue weighted by Crippen LogP contribution is 2.27. The Hall–Kier alpha value is -3.03. The molecule has 1 aliphatic rings. The van der Waals surface area contributed by atoms with Gasteiger partial charge < -0.3 is 10.8 Å². The smallest absolute Gasteiger partial charge is 0.325 e. The van der Waals surface area contributed by atoms with Crippen LogP contribution in [0.1, 0.15) is 12.0 Å². The van der Waals surface area contributed by atoms with Gasteiger partial charge in [-0.25, -0.2) is 4.68 Å². The third kappa shape index (κ3) is 3.47. The molecule has 1 saturated heterocycles. The maximum Gasteiger partial charge on any atom is 0.325 e. The Balaban J connectivity index is 1.67. The molecule has 138 valence electrons. The largest absolute Gasteiger partial charge is 0.480 e. The number of para-hydroxylation sites is 1. The number of benzene rings is 1. The Morgan fingerprint density at radius 3 is 2.59 bits per heavy atom. The highest BCUT2D eigenvalue weighted by atomic mass is 16.4. The van der Waals surface area contributed by atoms with Gasteiger partial charge in [-0.3, -0.25) is 14.7 Å². The van der Waals surface area contributed by atoms with Crippen molar-refractivity contribution in [2.24, 2.45) is 5.73 Å². The van der Waals surface area contributed by atoms with E-state index in [1.54, 1.807) is 12.4 Å². The van der Waals surface area contributed by atoms with E-state index in [0.29, 0.717) is 26.1 Å². The second-order valence-corrected chi connectivity index (χ2v) is 6.94. The van der Waals surface area contributed by atoms with E-state index in [9.17, 15) is 9.90 Å². The zero-order chi connectivity index (χ0) is 18.9. The van der Waals surface area contributed by atoms with Crippen molar-refractivity contribution in [1.29, 1.82) is 0 Å². The molecule has 1 fully saturated rings. The van der Waals surface area contributed by atoms with Crippen molar-refractivity contribution in [3.63, 3.8) is 0 Å². The van der Waals surface area contributed by atoms with Crippen molar-refractivity contribution in [2.45, 2.75) is 18.5 Å². The van der Waals surface area contributed by atoms with Crippen molar-refractivity contribution in [3.8, 4) is 16.9 Å². The van der Waals surface area contributed by atoms with E-state index in [2.05, 4.69) is 9.88 Å². The molecule has 1 atom stereocenters. The second kappa shape index (κ2) is 6.94. The second-order valence-electron chi connectivity index (χ2n) is 6.94. The molecule has 0 bridgehead atoms. The molecule has 3 aromatic rings. The molecule has 7 heteroatoms. The lowest BCUT2D eigenvalue weighted by molar-refractivity contribution is -0.142. The molecule has 1 aliphatic heterocycles. The quantitative estimate of drug-likeness (QED) is 0.719. The summed E-state index contributed by atoms with van der Waals surface area (Å²) in [4.78, 5) is 17.6. The molecule has 3 N–H and O–H groups in total. The maximum atomic E-state index is 11.4. The molecule has 27 heavy (non-hydrogen) atoms. The molecule has 1 aromatic carbocycles. The number of carboxylic acids is 1. The Kier molecular flexibility index (Phi) is 4.47. The average Bonchev–Trinajstić information content (AvgIpc) is 3.28. The van der Waals surface area contributed by atoms with Gasteiger partial charge in [-0.15, -0.1) is 0 Å². The van der Waals surface area contributed by atoms with Crippen molar-refractivity contribution in [1.82, 2.24) is 19.7 Å². The van der Waals surface area contributed by atoms with Crippen molar-refractivity contribution in [3.05, 3.63) is 66.6 Å². The predicted octanol–water partition coefficient (Wildman–Crippen LogP) is 1.92. The molecular weight excluding hydrogens is 342 g/mol. The average molecular weight is 363 g/mol. The first-order chi connectivity index (χ1) is 13.0. The van der Waals surface area contributed by atoms with Crippen molar-refractivity contribution in [2.75, 3.05) is 13.1 Å². The lowest BCUT2D eigenvalue weighted by Gasteiger charge is -2.19. The number of likely N-dealkylation sites (tertiary alicyclic amines) is 1. The number of rotatable bonds is 5. The highest BCUT2D eigenvalue weighted by Gasteiger charge is 2.41. The molecule has 0 amide bonds. The van der Waals surface area contributed by atoms with Crippen LogP contribution in [-0.2, 0) is 11.3 Å². The Morgan fingerprint density at radius 2 is 1.93 bits per heavy atom. The Labute approximate surface area is 157 Å². The van der Waals surface area contributed by atoms with E-state index < -0.39 is 11.5 Å². The zero-order valence-electron chi connectivity index (χ0n) is 14.8. The number of hydrogen-bond donors (Lipinski definition) is 2. The Morgan fingerprint density at radius 1 is 1.19 bits per heavy atom. The molecule has 0 radical (unpaired) electrons. The summed E-state index contributed by atoms with van der Waals surface area (Å²) >= 11 is 0. The molecule has 3 heterocycles. The van der Waals surface area contributed by atoms with Gasteiger partial charge in [0.25, 0.3) is 0 Å². The van der Waals surface area contributed by atoms with Gasteiger partial charge in [0.05, 0.1) is 11.4 Å². The van der Waals surface area contributed by atoms with E-state index in [1.165, 1.54) is 0 Å². The molecule has 0 spiro atoms. The molecular formula is C20H21N5O2. The highest BCUT2D eigenvalue weighted by molar-refractivity contribution is 5.79. The number of aromatic nitrogens is 3. The summed E-state index contributed by atoms with van der Waals surface area (Å²) in [6.45, 7) is 1.57. The molecule has 7 nitrogen and oxygen atoms in total. The lowest BCUT2D eigenvalue weighted by Crippen LogP contribution is -2.50. The molecule has 0 saturated carbocycles. The fourth-order valence-corrected chi connectivity index (χ4v) is 3.46. The molecule has 0 aliphatic carbocycles. The van der Waals surface area contributed by atoms with E-state index in [-0.39, 0.29) is 0 Å². The van der Waals surface area contributed by atoms with Crippen LogP contribution in [-0.4, -0.2) is 49.4 Å². The van der Waals surface area contributed by atoms with E-state index in [0.717, 1.165) is 22.5 Å². The summed E-state index contributed by atoms with van der Waals surface area (Å²) in [6.07, 6.45) is 5.93. The van der Waals surface area contributed by atoms with E-state index >= 15 is 0 Å². The summed E-state index contributed by atoms with van der Waals surface area (Å²) in [7, 11) is 0. The summed E-state index contributed by atoms with van der Waals surface area (Å²) < 4.78 is 1.86. The summed E-state index contributed by atoms with van der Waals surface area (Å²) in [5.41, 5.74) is 8.69.